The Balaban J connectivity index is 1.81. The molecule has 188 valence electrons. The van der Waals surface area contributed by atoms with Gasteiger partial charge in [-0.1, -0.05) is 6.07 Å². The Morgan fingerprint density at radius 3 is 2.28 bits per heavy atom. The van der Waals surface area contributed by atoms with E-state index in [4.69, 9.17) is 9.47 Å². The summed E-state index contributed by atoms with van der Waals surface area (Å²) in [5, 5.41) is 25.5. The number of aliphatic hydroxyl groups is 1. The highest BCUT2D eigenvalue weighted by Crippen LogP contribution is 2.37. The smallest absolute Gasteiger partial charge is 0.243 e. The SMILES string of the molecule is COc1cccc(OC)c1-n1c(NS(=O)(=O)[C@H](C)[C@@H](O)c2ccc(C)nn2)nnc1-c1cccnc1. The molecule has 0 saturated carbocycles. The number of methoxy groups -OCH3 is 2. The number of aromatic nitrogens is 6. The second-order valence-electron chi connectivity index (χ2n) is 7.83. The third-order valence-corrected chi connectivity index (χ3v) is 7.20. The van der Waals surface area contributed by atoms with E-state index >= 15 is 0 Å². The third-order valence-electron chi connectivity index (χ3n) is 5.50. The van der Waals surface area contributed by atoms with Crippen LogP contribution in [-0.2, 0) is 10.0 Å². The molecule has 0 bridgehead atoms. The largest absolute Gasteiger partial charge is 0.494 e. The van der Waals surface area contributed by atoms with Gasteiger partial charge in [-0.05, 0) is 50.2 Å². The van der Waals surface area contributed by atoms with Crippen LogP contribution >= 0.6 is 0 Å². The molecule has 4 rings (SSSR count). The first-order valence-corrected chi connectivity index (χ1v) is 12.4. The molecule has 3 heterocycles. The Bertz CT molecular complexity index is 1420. The molecular weight excluding hydrogens is 486 g/mol. The second-order valence-corrected chi connectivity index (χ2v) is 9.87. The standard InChI is InChI=1S/C23H25N7O5S/c1-14-10-11-17(26-25-14)21(31)15(2)36(32,33)29-23-28-27-22(16-7-6-12-24-13-16)30(23)20-18(34-3)8-5-9-19(20)35-4/h5-13,15,21,31H,1-4H3,(H,28,29)/t15-,21-/m1/s1. The lowest BCUT2D eigenvalue weighted by atomic mass is 10.2. The number of para-hydroxylation sites is 1. The van der Waals surface area contributed by atoms with Gasteiger partial charge >= 0.3 is 0 Å². The number of aliphatic hydroxyl groups excluding tert-OH is 1. The number of ether oxygens (including phenoxy) is 2. The number of hydrogen-bond acceptors (Lipinski definition) is 10. The monoisotopic (exact) mass is 511 g/mol. The third kappa shape index (κ3) is 4.83. The zero-order valence-electron chi connectivity index (χ0n) is 20.0. The molecule has 13 heteroatoms. The fraction of sp³-hybridized carbons (Fsp3) is 0.261. The van der Waals surface area contributed by atoms with Crippen LogP contribution in [0.1, 0.15) is 24.4 Å². The highest BCUT2D eigenvalue weighted by molar-refractivity contribution is 7.93. The van der Waals surface area contributed by atoms with Crippen molar-refractivity contribution in [3.05, 3.63) is 66.2 Å². The Morgan fingerprint density at radius 2 is 1.69 bits per heavy atom. The number of benzene rings is 1. The number of rotatable bonds is 9. The average molecular weight is 512 g/mol. The number of nitrogens with one attached hydrogen (secondary N) is 1. The molecule has 2 atom stereocenters. The Kier molecular flexibility index (Phi) is 7.12. The minimum Gasteiger partial charge on any atom is -0.494 e. The van der Waals surface area contributed by atoms with Gasteiger partial charge in [0.2, 0.25) is 16.0 Å². The summed E-state index contributed by atoms with van der Waals surface area (Å²) in [6, 6.07) is 11.8. The van der Waals surface area contributed by atoms with Gasteiger partial charge < -0.3 is 14.6 Å². The lowest BCUT2D eigenvalue weighted by Gasteiger charge is -2.21. The fourth-order valence-corrected chi connectivity index (χ4v) is 4.54. The molecule has 2 N–H and O–H groups in total. The maximum absolute atomic E-state index is 13.3. The van der Waals surface area contributed by atoms with Crippen molar-refractivity contribution in [1.82, 2.24) is 29.9 Å². The van der Waals surface area contributed by atoms with Gasteiger partial charge in [0.25, 0.3) is 0 Å². The summed E-state index contributed by atoms with van der Waals surface area (Å²) >= 11 is 0. The number of sulfonamides is 1. The van der Waals surface area contributed by atoms with E-state index in [-0.39, 0.29) is 11.6 Å². The van der Waals surface area contributed by atoms with Crippen molar-refractivity contribution in [2.45, 2.75) is 25.2 Å². The topological polar surface area (TPSA) is 154 Å². The van der Waals surface area contributed by atoms with E-state index in [1.807, 2.05) is 0 Å². The molecule has 36 heavy (non-hydrogen) atoms. The molecular formula is C23H25N7O5S. The average Bonchev–Trinajstić information content (AvgIpc) is 3.30. The maximum atomic E-state index is 13.3. The summed E-state index contributed by atoms with van der Waals surface area (Å²) in [5.74, 6) is 0.942. The van der Waals surface area contributed by atoms with E-state index in [2.05, 4.69) is 30.1 Å². The molecule has 0 aliphatic heterocycles. The van der Waals surface area contributed by atoms with Crippen LogP contribution in [0.2, 0.25) is 0 Å². The van der Waals surface area contributed by atoms with Crippen molar-refractivity contribution in [3.63, 3.8) is 0 Å². The van der Waals surface area contributed by atoms with Gasteiger partial charge in [0, 0.05) is 18.0 Å². The van der Waals surface area contributed by atoms with Crippen LogP contribution in [0.5, 0.6) is 11.5 Å². The molecule has 0 fully saturated rings. The highest BCUT2D eigenvalue weighted by atomic mass is 32.2. The van der Waals surface area contributed by atoms with Gasteiger partial charge in [0.1, 0.15) is 28.5 Å². The van der Waals surface area contributed by atoms with Crippen molar-refractivity contribution in [3.8, 4) is 28.6 Å². The van der Waals surface area contributed by atoms with E-state index in [1.54, 1.807) is 55.7 Å². The number of hydrogen-bond donors (Lipinski definition) is 2. The van der Waals surface area contributed by atoms with Crippen molar-refractivity contribution < 1.29 is 23.0 Å². The Hall–Kier alpha value is -4.10. The first-order chi connectivity index (χ1) is 17.3. The molecule has 4 aromatic rings. The van der Waals surface area contributed by atoms with E-state index in [0.717, 1.165) is 0 Å². The number of nitrogens with zero attached hydrogens (tertiary/aromatic N) is 6. The van der Waals surface area contributed by atoms with Crippen molar-refractivity contribution in [2.75, 3.05) is 18.9 Å². The van der Waals surface area contributed by atoms with Crippen molar-refractivity contribution in [1.29, 1.82) is 0 Å². The van der Waals surface area contributed by atoms with Crippen LogP contribution in [0.3, 0.4) is 0 Å². The Labute approximate surface area is 208 Å². The van der Waals surface area contributed by atoms with Gasteiger partial charge in [-0.15, -0.1) is 10.2 Å². The first kappa shape index (κ1) is 25.0. The van der Waals surface area contributed by atoms with Crippen LogP contribution in [0, 0.1) is 6.92 Å². The van der Waals surface area contributed by atoms with Crippen LogP contribution in [0.25, 0.3) is 17.1 Å². The number of pyridine rings is 1. The van der Waals surface area contributed by atoms with Crippen LogP contribution < -0.4 is 14.2 Å². The summed E-state index contributed by atoms with van der Waals surface area (Å²) in [7, 11) is -1.23. The van der Waals surface area contributed by atoms with Gasteiger partial charge in [-0.2, -0.15) is 10.2 Å². The molecule has 12 nitrogen and oxygen atoms in total. The van der Waals surface area contributed by atoms with Crippen LogP contribution in [0.15, 0.2) is 54.9 Å². The van der Waals surface area contributed by atoms with Crippen molar-refractivity contribution >= 4 is 16.0 Å². The summed E-state index contributed by atoms with van der Waals surface area (Å²) in [6.45, 7) is 3.10. The zero-order chi connectivity index (χ0) is 25.9. The normalized spacial score (nSPS) is 13.1. The van der Waals surface area contributed by atoms with E-state index in [1.165, 1.54) is 31.8 Å². The van der Waals surface area contributed by atoms with E-state index in [0.29, 0.717) is 34.3 Å². The fourth-order valence-electron chi connectivity index (χ4n) is 3.49. The van der Waals surface area contributed by atoms with Crippen molar-refractivity contribution in [2.24, 2.45) is 0 Å². The van der Waals surface area contributed by atoms with E-state index < -0.39 is 21.4 Å². The Morgan fingerprint density at radius 1 is 0.972 bits per heavy atom. The van der Waals surface area contributed by atoms with Crippen LogP contribution in [0.4, 0.5) is 5.95 Å². The summed E-state index contributed by atoms with van der Waals surface area (Å²) in [5.41, 5.74) is 1.72. The lowest BCUT2D eigenvalue weighted by molar-refractivity contribution is 0.170. The zero-order valence-corrected chi connectivity index (χ0v) is 20.8. The summed E-state index contributed by atoms with van der Waals surface area (Å²) in [4.78, 5) is 4.13. The molecule has 0 unspecified atom stereocenters. The molecule has 0 amide bonds. The minimum absolute atomic E-state index is 0.127. The molecule has 0 aliphatic rings. The molecule has 1 aromatic carbocycles. The van der Waals surface area contributed by atoms with Gasteiger partial charge in [-0.3, -0.25) is 14.3 Å². The predicted molar refractivity (Wildman–Crippen MR) is 131 cm³/mol. The predicted octanol–water partition coefficient (Wildman–Crippen LogP) is 2.31. The molecule has 0 aliphatic carbocycles. The van der Waals surface area contributed by atoms with E-state index in [9.17, 15) is 13.5 Å². The summed E-state index contributed by atoms with van der Waals surface area (Å²) < 4.78 is 41.7. The minimum atomic E-state index is -4.20. The number of anilines is 1. The molecule has 3 aromatic heterocycles. The maximum Gasteiger partial charge on any atom is 0.243 e. The van der Waals surface area contributed by atoms with Gasteiger partial charge in [0.05, 0.1) is 25.6 Å². The summed E-state index contributed by atoms with van der Waals surface area (Å²) in [6.07, 6.45) is 1.74. The van der Waals surface area contributed by atoms with Crippen LogP contribution in [-0.4, -0.2) is 62.9 Å². The second kappa shape index (κ2) is 10.3. The molecule has 0 saturated heterocycles. The first-order valence-electron chi connectivity index (χ1n) is 10.8. The number of aryl methyl sites for hydroxylation is 1. The highest BCUT2D eigenvalue weighted by Gasteiger charge is 2.33. The molecule has 0 spiro atoms. The molecule has 0 radical (unpaired) electrons. The van der Waals surface area contributed by atoms with Gasteiger partial charge in [0.15, 0.2) is 5.82 Å². The van der Waals surface area contributed by atoms with Gasteiger partial charge in [-0.25, -0.2) is 8.42 Å². The quantitative estimate of drug-likeness (QED) is 0.342. The lowest BCUT2D eigenvalue weighted by Crippen LogP contribution is -2.32.